The number of hydrogen-bond donors (Lipinski definition) is 0. The lowest BCUT2D eigenvalue weighted by atomic mass is 10.3. The molecular weight excluding hydrogens is 318 g/mol. The van der Waals surface area contributed by atoms with Gasteiger partial charge >= 0.3 is 5.97 Å². The van der Waals surface area contributed by atoms with Crippen molar-refractivity contribution < 1.29 is 28.7 Å². The lowest BCUT2D eigenvalue weighted by Gasteiger charge is -2.08. The minimum atomic E-state index is -0.461. The van der Waals surface area contributed by atoms with E-state index >= 15 is 0 Å². The van der Waals surface area contributed by atoms with Crippen molar-refractivity contribution in [1.29, 1.82) is 0 Å². The van der Waals surface area contributed by atoms with Gasteiger partial charge in [-0.1, -0.05) is 6.92 Å². The van der Waals surface area contributed by atoms with Crippen molar-refractivity contribution in [3.05, 3.63) is 34.4 Å². The van der Waals surface area contributed by atoms with Gasteiger partial charge in [-0.2, -0.15) is 0 Å². The van der Waals surface area contributed by atoms with Crippen LogP contribution in [0.5, 0.6) is 5.75 Å². The van der Waals surface area contributed by atoms with E-state index in [1.807, 2.05) is 6.92 Å². The van der Waals surface area contributed by atoms with Crippen LogP contribution in [0, 0.1) is 10.1 Å². The molecule has 0 N–H and O–H groups in total. The number of nitro groups is 1. The van der Waals surface area contributed by atoms with Gasteiger partial charge in [0.15, 0.2) is 0 Å². The number of carbonyl (C=O) groups is 1. The Labute approximate surface area is 140 Å². The highest BCUT2D eigenvalue weighted by Crippen LogP contribution is 2.16. The van der Waals surface area contributed by atoms with E-state index < -0.39 is 4.92 Å². The summed E-state index contributed by atoms with van der Waals surface area (Å²) in [5.41, 5.74) is 0.0242. The van der Waals surface area contributed by atoms with Crippen LogP contribution in [0.15, 0.2) is 24.3 Å². The summed E-state index contributed by atoms with van der Waals surface area (Å²) in [6, 6.07) is 5.86. The zero-order valence-corrected chi connectivity index (χ0v) is 13.8. The Bertz CT molecular complexity index is 490. The van der Waals surface area contributed by atoms with Crippen LogP contribution < -0.4 is 4.74 Å². The van der Waals surface area contributed by atoms with E-state index in [0.717, 1.165) is 6.42 Å². The quantitative estimate of drug-likeness (QED) is 0.235. The molecule has 0 aliphatic heterocycles. The Morgan fingerprint density at radius 1 is 1.00 bits per heavy atom. The number of esters is 1. The third kappa shape index (κ3) is 9.06. The van der Waals surface area contributed by atoms with Gasteiger partial charge in [0, 0.05) is 18.6 Å². The molecule has 134 valence electrons. The summed E-state index contributed by atoms with van der Waals surface area (Å²) in [5.74, 6) is 0.343. The lowest BCUT2D eigenvalue weighted by molar-refractivity contribution is -0.384. The van der Waals surface area contributed by atoms with Gasteiger partial charge in [-0.15, -0.1) is 0 Å². The smallest absolute Gasteiger partial charge is 0.305 e. The molecule has 24 heavy (non-hydrogen) atoms. The molecule has 0 bridgehead atoms. The molecule has 8 nitrogen and oxygen atoms in total. The zero-order valence-electron chi connectivity index (χ0n) is 13.8. The predicted octanol–water partition coefficient (Wildman–Crippen LogP) is 2.35. The fourth-order valence-electron chi connectivity index (χ4n) is 1.70. The Morgan fingerprint density at radius 2 is 1.58 bits per heavy atom. The van der Waals surface area contributed by atoms with Crippen molar-refractivity contribution in [2.24, 2.45) is 0 Å². The van der Waals surface area contributed by atoms with Crippen LogP contribution >= 0.6 is 0 Å². The molecule has 1 aromatic rings. The van der Waals surface area contributed by atoms with Gasteiger partial charge in [-0.05, 0) is 18.6 Å². The number of hydrogen-bond acceptors (Lipinski definition) is 7. The first-order valence-corrected chi connectivity index (χ1v) is 7.82. The molecule has 0 saturated carbocycles. The molecule has 0 aromatic heterocycles. The van der Waals surface area contributed by atoms with Gasteiger partial charge < -0.3 is 18.9 Å². The molecular formula is C16H23NO7. The van der Waals surface area contributed by atoms with Crippen molar-refractivity contribution in [3.63, 3.8) is 0 Å². The summed E-state index contributed by atoms with van der Waals surface area (Å²) in [6.45, 7) is 4.05. The maximum absolute atomic E-state index is 11.1. The average molecular weight is 341 g/mol. The largest absolute Gasteiger partial charge is 0.491 e. The Balaban J connectivity index is 1.93. The van der Waals surface area contributed by atoms with E-state index in [0.29, 0.717) is 45.2 Å². The number of nitro benzene ring substituents is 1. The van der Waals surface area contributed by atoms with Crippen molar-refractivity contribution in [2.45, 2.75) is 19.8 Å². The number of benzene rings is 1. The number of rotatable bonds is 13. The lowest BCUT2D eigenvalue weighted by Crippen LogP contribution is -2.14. The monoisotopic (exact) mass is 341 g/mol. The number of ether oxygens (including phenoxy) is 4. The highest BCUT2D eigenvalue weighted by Gasteiger charge is 2.04. The molecule has 0 spiro atoms. The molecule has 0 amide bonds. The molecule has 1 aromatic carbocycles. The Kier molecular flexibility index (Phi) is 10.1. The first-order valence-electron chi connectivity index (χ1n) is 7.82. The Hall–Kier alpha value is -2.19. The summed E-state index contributed by atoms with van der Waals surface area (Å²) < 4.78 is 20.9. The van der Waals surface area contributed by atoms with Crippen LogP contribution in [-0.4, -0.2) is 50.5 Å². The number of nitrogens with zero attached hydrogens (tertiary/aromatic N) is 1. The van der Waals surface area contributed by atoms with E-state index in [4.69, 9.17) is 18.9 Å². The van der Waals surface area contributed by atoms with Crippen LogP contribution in [-0.2, 0) is 19.0 Å². The molecule has 0 unspecified atom stereocenters. The maximum Gasteiger partial charge on any atom is 0.305 e. The summed E-state index contributed by atoms with van der Waals surface area (Å²) in [4.78, 5) is 21.1. The minimum Gasteiger partial charge on any atom is -0.491 e. The molecule has 8 heteroatoms. The van der Waals surface area contributed by atoms with E-state index in [1.165, 1.54) is 12.1 Å². The number of non-ortho nitro benzene ring substituents is 1. The second kappa shape index (κ2) is 12.3. The molecule has 0 atom stereocenters. The molecule has 0 aliphatic rings. The van der Waals surface area contributed by atoms with Crippen LogP contribution in [0.1, 0.15) is 19.8 Å². The predicted molar refractivity (Wildman–Crippen MR) is 86.1 cm³/mol. The molecule has 0 aliphatic carbocycles. The second-order valence-electron chi connectivity index (χ2n) is 4.79. The van der Waals surface area contributed by atoms with Crippen LogP contribution in [0.3, 0.4) is 0 Å². The van der Waals surface area contributed by atoms with E-state index in [2.05, 4.69) is 0 Å². The van der Waals surface area contributed by atoms with Crippen LogP contribution in [0.25, 0.3) is 0 Å². The van der Waals surface area contributed by atoms with Gasteiger partial charge in [0.25, 0.3) is 5.69 Å². The zero-order chi connectivity index (χ0) is 17.6. The summed E-state index contributed by atoms with van der Waals surface area (Å²) >= 11 is 0. The first-order chi connectivity index (χ1) is 11.6. The van der Waals surface area contributed by atoms with Crippen LogP contribution in [0.4, 0.5) is 5.69 Å². The standard InChI is InChI=1S/C16H23NO7/c1-2-3-16(18)24-13-11-22-9-8-21-10-12-23-15-6-4-14(5-7-15)17(19)20/h4-7H,2-3,8-13H2,1H3. The van der Waals surface area contributed by atoms with E-state index in [1.54, 1.807) is 12.1 Å². The highest BCUT2D eigenvalue weighted by atomic mass is 16.6. The second-order valence-corrected chi connectivity index (χ2v) is 4.79. The van der Waals surface area contributed by atoms with Crippen molar-refractivity contribution in [1.82, 2.24) is 0 Å². The molecule has 0 saturated heterocycles. The first kappa shape index (κ1) is 19.9. The normalized spacial score (nSPS) is 10.4. The fourth-order valence-corrected chi connectivity index (χ4v) is 1.70. The maximum atomic E-state index is 11.1. The van der Waals surface area contributed by atoms with E-state index in [9.17, 15) is 14.9 Å². The number of carbonyl (C=O) groups excluding carboxylic acids is 1. The third-order valence-electron chi connectivity index (χ3n) is 2.86. The SMILES string of the molecule is CCCC(=O)OCCOCCOCCOc1ccc([N+](=O)[O-])cc1. The average Bonchev–Trinajstić information content (AvgIpc) is 2.57. The van der Waals surface area contributed by atoms with Gasteiger partial charge in [-0.3, -0.25) is 14.9 Å². The summed E-state index contributed by atoms with van der Waals surface area (Å²) in [7, 11) is 0. The molecule has 0 fully saturated rings. The van der Waals surface area contributed by atoms with Gasteiger partial charge in [-0.25, -0.2) is 0 Å². The fraction of sp³-hybridized carbons (Fsp3) is 0.562. The molecule has 1 rings (SSSR count). The highest BCUT2D eigenvalue weighted by molar-refractivity contribution is 5.69. The van der Waals surface area contributed by atoms with Gasteiger partial charge in [0.05, 0.1) is 31.4 Å². The topological polar surface area (TPSA) is 97.1 Å². The minimum absolute atomic E-state index is 0.0242. The van der Waals surface area contributed by atoms with Crippen molar-refractivity contribution in [3.8, 4) is 5.75 Å². The van der Waals surface area contributed by atoms with Crippen molar-refractivity contribution >= 4 is 11.7 Å². The summed E-state index contributed by atoms with van der Waals surface area (Å²) in [5, 5.41) is 10.5. The van der Waals surface area contributed by atoms with Gasteiger partial charge in [0.1, 0.15) is 19.0 Å². The van der Waals surface area contributed by atoms with Gasteiger partial charge in [0.2, 0.25) is 0 Å². The summed E-state index contributed by atoms with van der Waals surface area (Å²) in [6.07, 6.45) is 1.20. The van der Waals surface area contributed by atoms with E-state index in [-0.39, 0.29) is 18.3 Å². The molecule has 0 heterocycles. The third-order valence-corrected chi connectivity index (χ3v) is 2.86. The molecule has 0 radical (unpaired) electrons. The Morgan fingerprint density at radius 3 is 2.17 bits per heavy atom. The van der Waals surface area contributed by atoms with Crippen molar-refractivity contribution in [2.75, 3.05) is 39.6 Å². The van der Waals surface area contributed by atoms with Crippen LogP contribution in [0.2, 0.25) is 0 Å².